The minimum atomic E-state index is -3.77. The molecule has 0 aromatic heterocycles. The zero-order valence-corrected chi connectivity index (χ0v) is 15.3. The van der Waals surface area contributed by atoms with Crippen molar-refractivity contribution in [2.24, 2.45) is 5.92 Å². The van der Waals surface area contributed by atoms with Crippen LogP contribution in [-0.4, -0.2) is 62.9 Å². The topological polar surface area (TPSA) is 66.9 Å². The van der Waals surface area contributed by atoms with Gasteiger partial charge in [0.2, 0.25) is 10.0 Å². The normalized spacial score (nSPS) is 20.3. The minimum absolute atomic E-state index is 0.00593. The molecule has 0 radical (unpaired) electrons. The van der Waals surface area contributed by atoms with Gasteiger partial charge >= 0.3 is 0 Å². The molecule has 2 aliphatic rings. The molecule has 1 saturated heterocycles. The molecule has 8 heteroatoms. The molecule has 0 N–H and O–H groups in total. The molecule has 3 rings (SSSR count). The Balaban J connectivity index is 1.88. The summed E-state index contributed by atoms with van der Waals surface area (Å²) in [6, 6.07) is 3.42. The summed E-state index contributed by atoms with van der Waals surface area (Å²) < 4.78 is 46.1. The number of morpholine rings is 1. The summed E-state index contributed by atoms with van der Waals surface area (Å²) >= 11 is 0. The molecule has 1 heterocycles. The van der Waals surface area contributed by atoms with Gasteiger partial charge in [-0.05, 0) is 43.9 Å². The fourth-order valence-electron chi connectivity index (χ4n) is 3.03. The predicted molar refractivity (Wildman–Crippen MR) is 90.3 cm³/mol. The van der Waals surface area contributed by atoms with Crippen molar-refractivity contribution in [1.29, 1.82) is 0 Å². The van der Waals surface area contributed by atoms with Gasteiger partial charge in [0, 0.05) is 26.2 Å². The first kappa shape index (κ1) is 18.3. The Morgan fingerprint density at radius 3 is 2.56 bits per heavy atom. The van der Waals surface area contributed by atoms with Crippen molar-refractivity contribution in [2.75, 3.05) is 33.4 Å². The zero-order valence-electron chi connectivity index (χ0n) is 14.4. The monoisotopic (exact) mass is 370 g/mol. The number of hydrogen-bond donors (Lipinski definition) is 0. The van der Waals surface area contributed by atoms with E-state index in [1.165, 1.54) is 15.3 Å². The molecule has 0 spiro atoms. The Hall–Kier alpha value is -1.51. The predicted octanol–water partition coefficient (Wildman–Crippen LogP) is 1.72. The van der Waals surface area contributed by atoms with E-state index in [1.807, 2.05) is 6.92 Å². The number of rotatable bonds is 5. The van der Waals surface area contributed by atoms with Gasteiger partial charge in [-0.3, -0.25) is 4.79 Å². The summed E-state index contributed by atoms with van der Waals surface area (Å²) in [6.07, 6.45) is 2.12. The number of sulfonamides is 1. The third-order valence-electron chi connectivity index (χ3n) is 5.01. The standard InChI is InChI=1S/C17H23FN2O4S/c1-12(13-3-4-13)19(2)17(21)15-11-14(5-6-16(15)18)25(22,23)20-7-9-24-10-8-20/h5-6,11-13H,3-4,7-10H2,1-2H3. The molecule has 1 unspecified atom stereocenters. The molecule has 2 fully saturated rings. The lowest BCUT2D eigenvalue weighted by Crippen LogP contribution is -2.41. The van der Waals surface area contributed by atoms with Crippen molar-refractivity contribution in [2.45, 2.75) is 30.7 Å². The number of amides is 1. The molecule has 1 aliphatic carbocycles. The molecule has 25 heavy (non-hydrogen) atoms. The van der Waals surface area contributed by atoms with Crippen LogP contribution in [0, 0.1) is 11.7 Å². The Kier molecular flexibility index (Phi) is 5.13. The first-order valence-electron chi connectivity index (χ1n) is 8.47. The van der Waals surface area contributed by atoms with Crippen molar-refractivity contribution >= 4 is 15.9 Å². The van der Waals surface area contributed by atoms with E-state index in [4.69, 9.17) is 4.74 Å². The average Bonchev–Trinajstić information content (AvgIpc) is 3.46. The molecular weight excluding hydrogens is 347 g/mol. The van der Waals surface area contributed by atoms with E-state index in [2.05, 4.69) is 0 Å². The molecular formula is C17H23FN2O4S. The lowest BCUT2D eigenvalue weighted by atomic mass is 10.1. The van der Waals surface area contributed by atoms with Crippen molar-refractivity contribution < 1.29 is 22.3 Å². The fraction of sp³-hybridized carbons (Fsp3) is 0.588. The molecule has 0 bridgehead atoms. The van der Waals surface area contributed by atoms with E-state index >= 15 is 0 Å². The average molecular weight is 370 g/mol. The Bertz CT molecular complexity index is 758. The molecule has 6 nitrogen and oxygen atoms in total. The number of nitrogens with zero attached hydrogens (tertiary/aromatic N) is 2. The summed E-state index contributed by atoms with van der Waals surface area (Å²) in [5.41, 5.74) is -0.204. The Morgan fingerprint density at radius 1 is 1.32 bits per heavy atom. The van der Waals surface area contributed by atoms with Gasteiger partial charge in [0.15, 0.2) is 0 Å². The first-order valence-corrected chi connectivity index (χ1v) is 9.91. The third-order valence-corrected chi connectivity index (χ3v) is 6.91. The molecule has 138 valence electrons. The molecule has 1 amide bonds. The molecule has 1 aromatic rings. The fourth-order valence-corrected chi connectivity index (χ4v) is 4.47. The quantitative estimate of drug-likeness (QED) is 0.792. The van der Waals surface area contributed by atoms with Crippen LogP contribution in [0.5, 0.6) is 0 Å². The number of benzene rings is 1. The Morgan fingerprint density at radius 2 is 1.96 bits per heavy atom. The van der Waals surface area contributed by atoms with Crippen LogP contribution in [0.2, 0.25) is 0 Å². The lowest BCUT2D eigenvalue weighted by Gasteiger charge is -2.27. The smallest absolute Gasteiger partial charge is 0.256 e. The van der Waals surface area contributed by atoms with E-state index in [0.29, 0.717) is 19.1 Å². The number of halogens is 1. The van der Waals surface area contributed by atoms with E-state index < -0.39 is 21.7 Å². The van der Waals surface area contributed by atoms with Crippen LogP contribution in [0.15, 0.2) is 23.1 Å². The largest absolute Gasteiger partial charge is 0.379 e. The van der Waals surface area contributed by atoms with Gasteiger partial charge in [-0.2, -0.15) is 4.31 Å². The second kappa shape index (κ2) is 7.01. The third kappa shape index (κ3) is 3.70. The van der Waals surface area contributed by atoms with Gasteiger partial charge in [-0.1, -0.05) is 0 Å². The summed E-state index contributed by atoms with van der Waals surface area (Å²) in [6.45, 7) is 3.09. The van der Waals surface area contributed by atoms with Gasteiger partial charge in [0.25, 0.3) is 5.91 Å². The van der Waals surface area contributed by atoms with Crippen LogP contribution in [0.4, 0.5) is 4.39 Å². The van der Waals surface area contributed by atoms with Crippen LogP contribution in [0.3, 0.4) is 0 Å². The van der Waals surface area contributed by atoms with Gasteiger partial charge < -0.3 is 9.64 Å². The van der Waals surface area contributed by atoms with Gasteiger partial charge in [-0.25, -0.2) is 12.8 Å². The lowest BCUT2D eigenvalue weighted by molar-refractivity contribution is 0.0720. The highest BCUT2D eigenvalue weighted by Gasteiger charge is 2.34. The van der Waals surface area contributed by atoms with Crippen LogP contribution < -0.4 is 0 Å². The number of carbonyl (C=O) groups excluding carboxylic acids is 1. The molecule has 1 saturated carbocycles. The number of ether oxygens (including phenoxy) is 1. The zero-order chi connectivity index (χ0) is 18.2. The molecule has 1 aliphatic heterocycles. The van der Waals surface area contributed by atoms with E-state index in [9.17, 15) is 17.6 Å². The highest BCUT2D eigenvalue weighted by atomic mass is 32.2. The summed E-state index contributed by atoms with van der Waals surface area (Å²) in [4.78, 5) is 14.1. The number of hydrogen-bond acceptors (Lipinski definition) is 4. The van der Waals surface area contributed by atoms with Crippen molar-refractivity contribution in [3.63, 3.8) is 0 Å². The van der Waals surface area contributed by atoms with Crippen LogP contribution in [-0.2, 0) is 14.8 Å². The number of carbonyl (C=O) groups is 1. The summed E-state index contributed by atoms with van der Waals surface area (Å²) in [5.74, 6) is -0.756. The summed E-state index contributed by atoms with van der Waals surface area (Å²) in [7, 11) is -2.14. The van der Waals surface area contributed by atoms with E-state index in [-0.39, 0.29) is 29.6 Å². The van der Waals surface area contributed by atoms with E-state index in [0.717, 1.165) is 25.0 Å². The van der Waals surface area contributed by atoms with Crippen molar-refractivity contribution in [3.05, 3.63) is 29.6 Å². The summed E-state index contributed by atoms with van der Waals surface area (Å²) in [5, 5.41) is 0. The van der Waals surface area contributed by atoms with Crippen molar-refractivity contribution in [3.8, 4) is 0 Å². The maximum absolute atomic E-state index is 14.2. The second-order valence-electron chi connectivity index (χ2n) is 6.65. The molecule has 1 aromatic carbocycles. The van der Waals surface area contributed by atoms with Crippen LogP contribution >= 0.6 is 0 Å². The highest BCUT2D eigenvalue weighted by Crippen LogP contribution is 2.35. The highest BCUT2D eigenvalue weighted by molar-refractivity contribution is 7.89. The SMILES string of the molecule is CC(C1CC1)N(C)C(=O)c1cc(S(=O)(=O)N2CCOCC2)ccc1F. The Labute approximate surface area is 147 Å². The maximum Gasteiger partial charge on any atom is 0.256 e. The van der Waals surface area contributed by atoms with Crippen molar-refractivity contribution in [1.82, 2.24) is 9.21 Å². The van der Waals surface area contributed by atoms with Gasteiger partial charge in [-0.15, -0.1) is 0 Å². The molecule has 1 atom stereocenters. The van der Waals surface area contributed by atoms with Crippen LogP contribution in [0.25, 0.3) is 0 Å². The first-order chi connectivity index (χ1) is 11.8. The minimum Gasteiger partial charge on any atom is -0.379 e. The maximum atomic E-state index is 14.2. The second-order valence-corrected chi connectivity index (χ2v) is 8.59. The van der Waals surface area contributed by atoms with Crippen LogP contribution in [0.1, 0.15) is 30.1 Å². The van der Waals surface area contributed by atoms with Gasteiger partial charge in [0.1, 0.15) is 5.82 Å². The van der Waals surface area contributed by atoms with Gasteiger partial charge in [0.05, 0.1) is 23.7 Å². The van der Waals surface area contributed by atoms with E-state index in [1.54, 1.807) is 7.05 Å².